The van der Waals surface area contributed by atoms with E-state index < -0.39 is 6.09 Å². The van der Waals surface area contributed by atoms with Gasteiger partial charge in [-0.15, -0.1) is 0 Å². The monoisotopic (exact) mass is 294 g/mol. The van der Waals surface area contributed by atoms with E-state index in [9.17, 15) is 14.0 Å². The van der Waals surface area contributed by atoms with Crippen molar-refractivity contribution in [3.05, 3.63) is 35.6 Å². The second-order valence-corrected chi connectivity index (χ2v) is 5.09. The topological polar surface area (TPSA) is 58.6 Å². The Kier molecular flexibility index (Phi) is 5.14. The molecule has 1 unspecified atom stereocenters. The molecule has 0 bridgehead atoms. The Morgan fingerprint density at radius 3 is 2.90 bits per heavy atom. The summed E-state index contributed by atoms with van der Waals surface area (Å²) in [5.41, 5.74) is 0.530. The maximum atomic E-state index is 13.4. The van der Waals surface area contributed by atoms with E-state index in [1.807, 2.05) is 0 Å². The quantitative estimate of drug-likeness (QED) is 0.920. The number of amides is 2. The predicted octanol–water partition coefficient (Wildman–Crippen LogP) is 1.72. The van der Waals surface area contributed by atoms with Crippen LogP contribution in [0.3, 0.4) is 0 Å². The molecule has 21 heavy (non-hydrogen) atoms. The summed E-state index contributed by atoms with van der Waals surface area (Å²) < 4.78 is 18.5. The highest BCUT2D eigenvalue weighted by Crippen LogP contribution is 2.11. The highest BCUT2D eigenvalue weighted by molar-refractivity contribution is 5.73. The number of nitrogens with one attached hydrogen (secondary N) is 1. The third kappa shape index (κ3) is 4.44. The van der Waals surface area contributed by atoms with E-state index in [0.717, 1.165) is 6.42 Å². The predicted molar refractivity (Wildman–Crippen MR) is 75.2 cm³/mol. The lowest BCUT2D eigenvalue weighted by Gasteiger charge is -2.16. The second kappa shape index (κ2) is 7.06. The van der Waals surface area contributed by atoms with Gasteiger partial charge in [0.1, 0.15) is 5.82 Å². The number of carbonyl (C=O) groups excluding carboxylic acids is 2. The number of likely N-dealkylation sites (tertiary alicyclic amines) is 1. The summed E-state index contributed by atoms with van der Waals surface area (Å²) in [6, 6.07) is 6.42. The Labute approximate surface area is 123 Å². The lowest BCUT2D eigenvalue weighted by molar-refractivity contribution is -0.119. The van der Waals surface area contributed by atoms with Crippen molar-refractivity contribution in [1.29, 1.82) is 0 Å². The van der Waals surface area contributed by atoms with E-state index in [2.05, 4.69) is 5.32 Å². The lowest BCUT2D eigenvalue weighted by Crippen LogP contribution is -2.37. The van der Waals surface area contributed by atoms with Crippen molar-refractivity contribution in [2.24, 2.45) is 0 Å². The van der Waals surface area contributed by atoms with Crippen molar-refractivity contribution in [2.45, 2.75) is 25.8 Å². The zero-order chi connectivity index (χ0) is 15.2. The lowest BCUT2D eigenvalue weighted by atomic mass is 10.1. The number of hydrogen-bond acceptors (Lipinski definition) is 3. The van der Waals surface area contributed by atoms with Crippen molar-refractivity contribution in [1.82, 2.24) is 10.2 Å². The molecule has 1 atom stereocenters. The van der Waals surface area contributed by atoms with Gasteiger partial charge in [-0.05, 0) is 18.1 Å². The van der Waals surface area contributed by atoms with Gasteiger partial charge in [0.15, 0.2) is 0 Å². The van der Waals surface area contributed by atoms with Crippen LogP contribution in [0.5, 0.6) is 0 Å². The average molecular weight is 294 g/mol. The normalized spacial score (nSPS) is 17.6. The van der Waals surface area contributed by atoms with Gasteiger partial charge in [-0.1, -0.05) is 18.2 Å². The summed E-state index contributed by atoms with van der Waals surface area (Å²) in [6.07, 6.45) is 0.655. The average Bonchev–Trinajstić information content (AvgIpc) is 2.88. The number of nitrogens with zero attached hydrogens (tertiary/aromatic N) is 1. The molecule has 0 radical (unpaired) electrons. The SMILES string of the molecule is CC(=O)NC1CCN(C(=O)OCCc2ccccc2F)C1. The zero-order valence-electron chi connectivity index (χ0n) is 12.0. The van der Waals surface area contributed by atoms with Gasteiger partial charge in [-0.25, -0.2) is 9.18 Å². The van der Waals surface area contributed by atoms with Crippen LogP contribution in [-0.2, 0) is 16.0 Å². The third-order valence-electron chi connectivity index (χ3n) is 3.41. The zero-order valence-corrected chi connectivity index (χ0v) is 12.0. The van der Waals surface area contributed by atoms with Gasteiger partial charge in [-0.3, -0.25) is 4.79 Å². The molecule has 1 aliphatic heterocycles. The fourth-order valence-electron chi connectivity index (χ4n) is 2.37. The first-order chi connectivity index (χ1) is 10.1. The summed E-state index contributed by atoms with van der Waals surface area (Å²) in [7, 11) is 0. The molecule has 1 heterocycles. The maximum absolute atomic E-state index is 13.4. The van der Waals surface area contributed by atoms with Crippen LogP contribution in [0, 0.1) is 5.82 Å². The Morgan fingerprint density at radius 2 is 2.19 bits per heavy atom. The van der Waals surface area contributed by atoms with Crippen molar-refractivity contribution < 1.29 is 18.7 Å². The number of hydrogen-bond donors (Lipinski definition) is 1. The van der Waals surface area contributed by atoms with Gasteiger partial charge in [0, 0.05) is 32.5 Å². The molecule has 114 valence electrons. The molecule has 0 spiro atoms. The molecule has 1 aromatic carbocycles. The van der Waals surface area contributed by atoms with Crippen LogP contribution in [0.25, 0.3) is 0 Å². The van der Waals surface area contributed by atoms with Gasteiger partial charge in [0.2, 0.25) is 5.91 Å². The molecule has 1 saturated heterocycles. The Morgan fingerprint density at radius 1 is 1.43 bits per heavy atom. The van der Waals surface area contributed by atoms with Crippen molar-refractivity contribution in [3.63, 3.8) is 0 Å². The Hall–Kier alpha value is -2.11. The van der Waals surface area contributed by atoms with Gasteiger partial charge >= 0.3 is 6.09 Å². The molecule has 1 fully saturated rings. The third-order valence-corrected chi connectivity index (χ3v) is 3.41. The van der Waals surface area contributed by atoms with Gasteiger partial charge in [0.25, 0.3) is 0 Å². The fraction of sp³-hybridized carbons (Fsp3) is 0.467. The minimum atomic E-state index is -0.417. The molecule has 0 aliphatic carbocycles. The first-order valence-corrected chi connectivity index (χ1v) is 6.98. The Bertz CT molecular complexity index is 521. The van der Waals surface area contributed by atoms with Crippen LogP contribution in [0.1, 0.15) is 18.9 Å². The second-order valence-electron chi connectivity index (χ2n) is 5.09. The van der Waals surface area contributed by atoms with E-state index in [0.29, 0.717) is 25.1 Å². The van der Waals surface area contributed by atoms with Gasteiger partial charge in [0.05, 0.1) is 6.61 Å². The van der Waals surface area contributed by atoms with Crippen molar-refractivity contribution in [3.8, 4) is 0 Å². The first-order valence-electron chi connectivity index (χ1n) is 6.98. The van der Waals surface area contributed by atoms with E-state index in [-0.39, 0.29) is 24.4 Å². The number of halogens is 1. The molecule has 2 rings (SSSR count). The molecule has 0 aromatic heterocycles. The molecular formula is C15H19FN2O3. The minimum absolute atomic E-state index is 0.0124. The molecule has 2 amide bonds. The summed E-state index contributed by atoms with van der Waals surface area (Å²) in [6.45, 7) is 2.61. The summed E-state index contributed by atoms with van der Waals surface area (Å²) in [5, 5.41) is 2.78. The highest BCUT2D eigenvalue weighted by Gasteiger charge is 2.27. The number of benzene rings is 1. The number of rotatable bonds is 4. The molecular weight excluding hydrogens is 275 g/mol. The fourth-order valence-corrected chi connectivity index (χ4v) is 2.37. The smallest absolute Gasteiger partial charge is 0.409 e. The molecule has 0 saturated carbocycles. The summed E-state index contributed by atoms with van der Waals surface area (Å²) >= 11 is 0. The van der Waals surface area contributed by atoms with Crippen LogP contribution < -0.4 is 5.32 Å². The van der Waals surface area contributed by atoms with E-state index in [1.54, 1.807) is 23.1 Å². The standard InChI is InChI=1S/C15H19FN2O3/c1-11(19)17-13-6-8-18(10-13)15(20)21-9-7-12-4-2-3-5-14(12)16/h2-5,13H,6-10H2,1H3,(H,17,19). The van der Waals surface area contributed by atoms with Gasteiger partial charge in [-0.2, -0.15) is 0 Å². The van der Waals surface area contributed by atoms with Crippen LogP contribution in [0.2, 0.25) is 0 Å². The molecule has 6 heteroatoms. The van der Waals surface area contributed by atoms with Gasteiger partial charge < -0.3 is 15.0 Å². The van der Waals surface area contributed by atoms with E-state index in [1.165, 1.54) is 13.0 Å². The summed E-state index contributed by atoms with van der Waals surface area (Å²) in [5.74, 6) is -0.393. The highest BCUT2D eigenvalue weighted by atomic mass is 19.1. The molecule has 1 aromatic rings. The molecule has 1 aliphatic rings. The molecule has 1 N–H and O–H groups in total. The van der Waals surface area contributed by atoms with Crippen LogP contribution in [0.15, 0.2) is 24.3 Å². The summed E-state index contributed by atoms with van der Waals surface area (Å²) in [4.78, 5) is 24.4. The first kappa shape index (κ1) is 15.3. The molecule has 5 nitrogen and oxygen atoms in total. The van der Waals surface area contributed by atoms with E-state index in [4.69, 9.17) is 4.74 Å². The van der Waals surface area contributed by atoms with Crippen LogP contribution in [-0.4, -0.2) is 42.6 Å². The number of ether oxygens (including phenoxy) is 1. The minimum Gasteiger partial charge on any atom is -0.449 e. The largest absolute Gasteiger partial charge is 0.449 e. The maximum Gasteiger partial charge on any atom is 0.409 e. The van der Waals surface area contributed by atoms with Crippen LogP contribution >= 0.6 is 0 Å². The van der Waals surface area contributed by atoms with E-state index >= 15 is 0 Å². The van der Waals surface area contributed by atoms with Crippen molar-refractivity contribution in [2.75, 3.05) is 19.7 Å². The van der Waals surface area contributed by atoms with Crippen LogP contribution in [0.4, 0.5) is 9.18 Å². The van der Waals surface area contributed by atoms with Crippen molar-refractivity contribution >= 4 is 12.0 Å². The number of carbonyl (C=O) groups is 2. The Balaban J connectivity index is 1.73.